The summed E-state index contributed by atoms with van der Waals surface area (Å²) in [5.41, 5.74) is 5.26. The maximum Gasteiger partial charge on any atom is 0.227 e. The lowest BCUT2D eigenvalue weighted by Gasteiger charge is -2.38. The molecule has 0 spiro atoms. The molecule has 3 aromatic rings. The van der Waals surface area contributed by atoms with Crippen molar-refractivity contribution in [2.24, 2.45) is 5.41 Å². The third kappa shape index (κ3) is 3.81. The van der Waals surface area contributed by atoms with Gasteiger partial charge in [-0.2, -0.15) is 4.98 Å². The second kappa shape index (κ2) is 7.68. The molecule has 0 fully saturated rings. The Bertz CT molecular complexity index is 1180. The third-order valence-corrected chi connectivity index (χ3v) is 6.92. The SMILES string of the molecule is Cc1ccccc1C1C2=C(CC(C)(C)CC2=O)Nc2nc(SCc3ccccc3)nn21. The largest absolute Gasteiger partial charge is 0.328 e. The molecule has 1 aliphatic carbocycles. The van der Waals surface area contributed by atoms with E-state index < -0.39 is 0 Å². The third-order valence-electron chi connectivity index (χ3n) is 6.01. The summed E-state index contributed by atoms with van der Waals surface area (Å²) < 4.78 is 1.91. The zero-order valence-corrected chi connectivity index (χ0v) is 18.9. The van der Waals surface area contributed by atoms with E-state index in [9.17, 15) is 4.79 Å². The molecule has 0 radical (unpaired) electrons. The van der Waals surface area contributed by atoms with Crippen molar-refractivity contribution in [3.63, 3.8) is 0 Å². The summed E-state index contributed by atoms with van der Waals surface area (Å²) in [5.74, 6) is 1.72. The Balaban J connectivity index is 1.56. The van der Waals surface area contributed by atoms with Crippen molar-refractivity contribution in [2.45, 2.75) is 50.6 Å². The number of carbonyl (C=O) groups excluding carboxylic acids is 1. The zero-order chi connectivity index (χ0) is 21.6. The second-order valence-electron chi connectivity index (χ2n) is 9.15. The predicted molar refractivity (Wildman–Crippen MR) is 124 cm³/mol. The molecule has 0 saturated carbocycles. The van der Waals surface area contributed by atoms with Gasteiger partial charge in [0.25, 0.3) is 0 Å². The van der Waals surface area contributed by atoms with Crippen molar-refractivity contribution in [1.82, 2.24) is 14.8 Å². The van der Waals surface area contributed by atoms with E-state index in [-0.39, 0.29) is 17.2 Å². The van der Waals surface area contributed by atoms with E-state index >= 15 is 0 Å². The smallest absolute Gasteiger partial charge is 0.227 e. The average Bonchev–Trinajstić information content (AvgIpc) is 3.14. The Morgan fingerprint density at radius 1 is 1.10 bits per heavy atom. The number of fused-ring (bicyclic) bond motifs is 1. The molecule has 158 valence electrons. The summed E-state index contributed by atoms with van der Waals surface area (Å²) in [6.07, 6.45) is 1.38. The number of Topliss-reactive ketones (excluding diaryl/α,β-unsaturated/α-hetero) is 1. The van der Waals surface area contributed by atoms with Crippen LogP contribution in [0.2, 0.25) is 0 Å². The van der Waals surface area contributed by atoms with Gasteiger partial charge in [0.2, 0.25) is 11.1 Å². The summed E-state index contributed by atoms with van der Waals surface area (Å²) in [6.45, 7) is 6.40. The van der Waals surface area contributed by atoms with E-state index in [0.29, 0.717) is 12.4 Å². The molecule has 6 heteroatoms. The quantitative estimate of drug-likeness (QED) is 0.551. The fourth-order valence-electron chi connectivity index (χ4n) is 4.55. The monoisotopic (exact) mass is 430 g/mol. The van der Waals surface area contributed by atoms with E-state index in [1.165, 1.54) is 5.56 Å². The number of anilines is 1. The van der Waals surface area contributed by atoms with Gasteiger partial charge in [-0.05, 0) is 35.4 Å². The van der Waals surface area contributed by atoms with E-state index in [0.717, 1.165) is 39.7 Å². The first-order valence-electron chi connectivity index (χ1n) is 10.6. The van der Waals surface area contributed by atoms with Gasteiger partial charge in [0.1, 0.15) is 6.04 Å². The Kier molecular flexibility index (Phi) is 4.97. The molecular weight excluding hydrogens is 404 g/mol. The van der Waals surface area contributed by atoms with Crippen LogP contribution in [0.3, 0.4) is 0 Å². The van der Waals surface area contributed by atoms with E-state index in [2.05, 4.69) is 50.4 Å². The van der Waals surface area contributed by atoms with Gasteiger partial charge >= 0.3 is 0 Å². The lowest BCUT2D eigenvalue weighted by Crippen LogP contribution is -2.36. The molecule has 1 N–H and O–H groups in total. The number of allylic oxidation sites excluding steroid dienone is 2. The van der Waals surface area contributed by atoms with Crippen molar-refractivity contribution in [1.29, 1.82) is 0 Å². The van der Waals surface area contributed by atoms with Gasteiger partial charge in [0.15, 0.2) is 5.78 Å². The zero-order valence-electron chi connectivity index (χ0n) is 18.1. The van der Waals surface area contributed by atoms with Crippen LogP contribution in [0.25, 0.3) is 0 Å². The summed E-state index contributed by atoms with van der Waals surface area (Å²) in [7, 11) is 0. The maximum atomic E-state index is 13.3. The number of hydrogen-bond acceptors (Lipinski definition) is 5. The van der Waals surface area contributed by atoms with Crippen molar-refractivity contribution >= 4 is 23.5 Å². The first-order valence-corrected chi connectivity index (χ1v) is 11.6. The van der Waals surface area contributed by atoms with Crippen LogP contribution in [0, 0.1) is 12.3 Å². The van der Waals surface area contributed by atoms with E-state index in [1.54, 1.807) is 11.8 Å². The lowest BCUT2D eigenvalue weighted by molar-refractivity contribution is -0.118. The highest BCUT2D eigenvalue weighted by Crippen LogP contribution is 2.46. The fraction of sp³-hybridized carbons (Fsp3) is 0.320. The molecule has 1 aliphatic heterocycles. The summed E-state index contributed by atoms with van der Waals surface area (Å²) in [4.78, 5) is 18.1. The van der Waals surface area contributed by atoms with Crippen LogP contribution in [-0.2, 0) is 10.5 Å². The molecule has 0 bridgehead atoms. The van der Waals surface area contributed by atoms with Crippen LogP contribution >= 0.6 is 11.8 Å². The Morgan fingerprint density at radius 2 is 1.84 bits per heavy atom. The molecule has 2 aromatic carbocycles. The van der Waals surface area contributed by atoms with Gasteiger partial charge in [0.05, 0.1) is 0 Å². The molecule has 0 saturated heterocycles. The molecule has 31 heavy (non-hydrogen) atoms. The van der Waals surface area contributed by atoms with Crippen molar-refractivity contribution in [2.75, 3.05) is 5.32 Å². The highest BCUT2D eigenvalue weighted by atomic mass is 32.2. The van der Waals surface area contributed by atoms with Gasteiger partial charge in [-0.25, -0.2) is 4.68 Å². The van der Waals surface area contributed by atoms with Crippen LogP contribution in [-0.4, -0.2) is 20.5 Å². The molecule has 2 heterocycles. The van der Waals surface area contributed by atoms with E-state index in [1.807, 2.05) is 35.0 Å². The predicted octanol–water partition coefficient (Wildman–Crippen LogP) is 5.54. The number of rotatable bonds is 4. The fourth-order valence-corrected chi connectivity index (χ4v) is 5.34. The Morgan fingerprint density at radius 3 is 2.61 bits per heavy atom. The number of aromatic nitrogens is 3. The maximum absolute atomic E-state index is 13.3. The molecule has 1 unspecified atom stereocenters. The van der Waals surface area contributed by atoms with Crippen LogP contribution in [0.4, 0.5) is 5.95 Å². The topological polar surface area (TPSA) is 59.8 Å². The number of thioether (sulfide) groups is 1. The summed E-state index contributed by atoms with van der Waals surface area (Å²) >= 11 is 1.62. The highest BCUT2D eigenvalue weighted by molar-refractivity contribution is 7.98. The minimum absolute atomic E-state index is 0.0632. The average molecular weight is 431 g/mol. The minimum atomic E-state index is -0.241. The van der Waals surface area contributed by atoms with Gasteiger partial charge in [-0.3, -0.25) is 4.79 Å². The standard InChI is InChI=1S/C25H26N4OS/c1-16-9-7-8-12-18(16)22-21-19(13-25(2,3)14-20(21)30)26-23-27-24(28-29(22)23)31-15-17-10-5-4-6-11-17/h4-12,22H,13-15H2,1-3H3,(H,26,27,28). The number of hydrogen-bond donors (Lipinski definition) is 1. The first-order chi connectivity index (χ1) is 14.9. The normalized spacial score (nSPS) is 19.6. The number of aryl methyl sites for hydroxylation is 1. The summed E-state index contributed by atoms with van der Waals surface area (Å²) in [6, 6.07) is 18.3. The molecule has 5 nitrogen and oxygen atoms in total. The van der Waals surface area contributed by atoms with Gasteiger partial charge in [-0.15, -0.1) is 5.10 Å². The van der Waals surface area contributed by atoms with Crippen LogP contribution in [0.5, 0.6) is 0 Å². The molecule has 0 amide bonds. The molecule has 1 atom stereocenters. The van der Waals surface area contributed by atoms with Gasteiger partial charge in [-0.1, -0.05) is 80.2 Å². The van der Waals surface area contributed by atoms with Crippen LogP contribution < -0.4 is 5.32 Å². The van der Waals surface area contributed by atoms with Gasteiger partial charge in [0, 0.05) is 23.4 Å². The molecule has 1 aromatic heterocycles. The number of nitrogens with zero attached hydrogens (tertiary/aromatic N) is 3. The van der Waals surface area contributed by atoms with Gasteiger partial charge < -0.3 is 5.32 Å². The highest BCUT2D eigenvalue weighted by Gasteiger charge is 2.42. The van der Waals surface area contributed by atoms with Crippen LogP contribution in [0.15, 0.2) is 71.0 Å². The molecular formula is C25H26N4OS. The van der Waals surface area contributed by atoms with Crippen molar-refractivity contribution in [3.8, 4) is 0 Å². The number of benzene rings is 2. The first kappa shape index (κ1) is 20.1. The Hall–Kier alpha value is -2.86. The van der Waals surface area contributed by atoms with E-state index in [4.69, 9.17) is 10.1 Å². The minimum Gasteiger partial charge on any atom is -0.328 e. The summed E-state index contributed by atoms with van der Waals surface area (Å²) in [5, 5.41) is 9.02. The number of ketones is 1. The molecule has 2 aliphatic rings. The Labute approximate surface area is 187 Å². The van der Waals surface area contributed by atoms with Crippen LogP contribution in [0.1, 0.15) is 49.4 Å². The second-order valence-corrected chi connectivity index (χ2v) is 10.1. The lowest BCUT2D eigenvalue weighted by atomic mass is 9.73. The van der Waals surface area contributed by atoms with Crippen molar-refractivity contribution in [3.05, 3.63) is 82.6 Å². The molecule has 5 rings (SSSR count). The number of carbonyl (C=O) groups is 1. The van der Waals surface area contributed by atoms with Crippen molar-refractivity contribution < 1.29 is 4.79 Å². The number of nitrogens with one attached hydrogen (secondary N) is 1.